The van der Waals surface area contributed by atoms with Crippen LogP contribution >= 0.6 is 0 Å². The van der Waals surface area contributed by atoms with E-state index in [1.54, 1.807) is 14.2 Å². The van der Waals surface area contributed by atoms with Gasteiger partial charge in [0.25, 0.3) is 0 Å². The lowest BCUT2D eigenvalue weighted by molar-refractivity contribution is 0.239. The monoisotopic (exact) mass is 410 g/mol. The summed E-state index contributed by atoms with van der Waals surface area (Å²) in [4.78, 5) is 6.94. The number of rotatable bonds is 9. The van der Waals surface area contributed by atoms with Crippen LogP contribution in [0.2, 0.25) is 0 Å². The average molecular weight is 411 g/mol. The topological polar surface area (TPSA) is 58.1 Å². The Kier molecular flexibility index (Phi) is 8.39. The van der Waals surface area contributed by atoms with Crippen molar-refractivity contribution < 1.29 is 9.47 Å². The molecule has 6 heteroatoms. The third-order valence-corrected chi connectivity index (χ3v) is 5.65. The Morgan fingerprint density at radius 1 is 0.967 bits per heavy atom. The maximum Gasteiger partial charge on any atom is 0.191 e. The largest absolute Gasteiger partial charge is 0.496 e. The van der Waals surface area contributed by atoms with Gasteiger partial charge in [0.1, 0.15) is 11.5 Å². The Morgan fingerprint density at radius 2 is 1.63 bits per heavy atom. The van der Waals surface area contributed by atoms with E-state index in [-0.39, 0.29) is 6.04 Å². The van der Waals surface area contributed by atoms with Gasteiger partial charge in [-0.2, -0.15) is 0 Å². The van der Waals surface area contributed by atoms with Crippen molar-refractivity contribution in [1.82, 2.24) is 15.5 Å². The minimum Gasteiger partial charge on any atom is -0.496 e. The summed E-state index contributed by atoms with van der Waals surface area (Å²) in [6.45, 7) is 3.78. The lowest BCUT2D eigenvalue weighted by Crippen LogP contribution is -2.43. The molecule has 162 valence electrons. The van der Waals surface area contributed by atoms with Gasteiger partial charge in [-0.25, -0.2) is 0 Å². The van der Waals surface area contributed by atoms with Gasteiger partial charge < -0.3 is 20.1 Å². The fourth-order valence-corrected chi connectivity index (χ4v) is 4.07. The van der Waals surface area contributed by atoms with Crippen LogP contribution in [0.25, 0.3) is 0 Å². The third-order valence-electron chi connectivity index (χ3n) is 5.65. The van der Waals surface area contributed by atoms with Crippen LogP contribution in [-0.4, -0.2) is 58.3 Å². The van der Waals surface area contributed by atoms with Crippen molar-refractivity contribution in [2.45, 2.75) is 25.3 Å². The molecule has 1 aliphatic rings. The molecule has 6 nitrogen and oxygen atoms in total. The van der Waals surface area contributed by atoms with Crippen LogP contribution in [-0.2, 0) is 6.42 Å². The highest BCUT2D eigenvalue weighted by atomic mass is 16.5. The first-order valence-corrected chi connectivity index (χ1v) is 10.7. The minimum absolute atomic E-state index is 0.247. The van der Waals surface area contributed by atoms with Gasteiger partial charge in [-0.05, 0) is 50.0 Å². The smallest absolute Gasteiger partial charge is 0.191 e. The maximum atomic E-state index is 5.64. The van der Waals surface area contributed by atoms with E-state index in [4.69, 9.17) is 9.47 Å². The molecule has 3 rings (SSSR count). The molecule has 0 spiro atoms. The lowest BCUT2D eigenvalue weighted by atomic mass is 10.0. The molecule has 30 heavy (non-hydrogen) atoms. The van der Waals surface area contributed by atoms with Crippen LogP contribution in [0.3, 0.4) is 0 Å². The zero-order chi connectivity index (χ0) is 21.2. The molecule has 1 fully saturated rings. The van der Waals surface area contributed by atoms with Crippen LogP contribution in [0.1, 0.15) is 30.0 Å². The van der Waals surface area contributed by atoms with Crippen molar-refractivity contribution in [3.05, 3.63) is 59.7 Å². The molecule has 0 aliphatic carbocycles. The Morgan fingerprint density at radius 3 is 2.33 bits per heavy atom. The number of guanidine groups is 1. The predicted molar refractivity (Wildman–Crippen MR) is 123 cm³/mol. The molecule has 1 atom stereocenters. The highest BCUT2D eigenvalue weighted by Crippen LogP contribution is 2.31. The number of para-hydroxylation sites is 2. The molecule has 2 N–H and O–H groups in total. The quantitative estimate of drug-likeness (QED) is 0.491. The Labute approximate surface area is 180 Å². The van der Waals surface area contributed by atoms with Crippen molar-refractivity contribution >= 4 is 5.96 Å². The predicted octanol–water partition coefficient (Wildman–Crippen LogP) is 3.25. The van der Waals surface area contributed by atoms with Gasteiger partial charge in [0.05, 0.1) is 20.3 Å². The number of methoxy groups -OCH3 is 2. The second-order valence-electron chi connectivity index (χ2n) is 7.44. The first kappa shape index (κ1) is 22.0. The summed E-state index contributed by atoms with van der Waals surface area (Å²) < 4.78 is 11.1. The number of hydrogen-bond acceptors (Lipinski definition) is 4. The number of nitrogens with one attached hydrogen (secondary N) is 2. The fourth-order valence-electron chi connectivity index (χ4n) is 4.07. The van der Waals surface area contributed by atoms with Crippen LogP contribution in [0.4, 0.5) is 0 Å². The van der Waals surface area contributed by atoms with E-state index < -0.39 is 0 Å². The Balaban J connectivity index is 1.60. The van der Waals surface area contributed by atoms with Crippen LogP contribution in [0.15, 0.2) is 53.5 Å². The van der Waals surface area contributed by atoms with E-state index in [1.165, 1.54) is 24.0 Å². The molecule has 0 aromatic heterocycles. The Bertz CT molecular complexity index is 818. The zero-order valence-electron chi connectivity index (χ0n) is 18.4. The van der Waals surface area contributed by atoms with Crippen molar-refractivity contribution in [1.29, 1.82) is 0 Å². The van der Waals surface area contributed by atoms with Crippen molar-refractivity contribution in [3.63, 3.8) is 0 Å². The Hall–Kier alpha value is -2.73. The molecule has 2 aromatic carbocycles. The molecular weight excluding hydrogens is 376 g/mol. The molecule has 2 aromatic rings. The summed E-state index contributed by atoms with van der Waals surface area (Å²) in [5.41, 5.74) is 2.41. The van der Waals surface area contributed by atoms with Crippen LogP contribution < -0.4 is 20.1 Å². The highest BCUT2D eigenvalue weighted by molar-refractivity contribution is 5.79. The summed E-state index contributed by atoms with van der Waals surface area (Å²) in [5, 5.41) is 6.95. The second kappa shape index (κ2) is 11.5. The van der Waals surface area contributed by atoms with E-state index in [1.807, 2.05) is 37.4 Å². The summed E-state index contributed by atoms with van der Waals surface area (Å²) in [5.74, 6) is 2.67. The SMILES string of the molecule is CN=C(NCCc1ccccc1OC)NCC(c1ccccc1OC)N1CCCC1. The minimum atomic E-state index is 0.247. The normalized spacial score (nSPS) is 15.6. The first-order chi connectivity index (χ1) is 14.8. The first-order valence-electron chi connectivity index (χ1n) is 10.7. The number of nitrogens with zero attached hydrogens (tertiary/aromatic N) is 2. The van der Waals surface area contributed by atoms with Crippen molar-refractivity contribution in [2.75, 3.05) is 47.4 Å². The molecule has 0 bridgehead atoms. The summed E-state index contributed by atoms with van der Waals surface area (Å²) in [7, 11) is 5.27. The van der Waals surface area contributed by atoms with Gasteiger partial charge in [-0.15, -0.1) is 0 Å². The summed E-state index contributed by atoms with van der Waals surface area (Å²) in [6, 6.07) is 16.7. The molecule has 1 aliphatic heterocycles. The van der Waals surface area contributed by atoms with Gasteiger partial charge in [-0.3, -0.25) is 9.89 Å². The van der Waals surface area contributed by atoms with Crippen LogP contribution in [0, 0.1) is 0 Å². The van der Waals surface area contributed by atoms with Gasteiger partial charge in [0, 0.05) is 25.7 Å². The van der Waals surface area contributed by atoms with Gasteiger partial charge in [0.15, 0.2) is 5.96 Å². The maximum absolute atomic E-state index is 5.64. The standard InChI is InChI=1S/C24H34N4O2/c1-25-24(26-15-14-19-10-4-6-12-22(19)29-2)27-18-21(28-16-8-9-17-28)20-11-5-7-13-23(20)30-3/h4-7,10-13,21H,8-9,14-18H2,1-3H3,(H2,25,26,27). The van der Waals surface area contributed by atoms with Crippen molar-refractivity contribution in [3.8, 4) is 11.5 Å². The number of likely N-dealkylation sites (tertiary alicyclic amines) is 1. The number of benzene rings is 2. The molecule has 0 radical (unpaired) electrons. The lowest BCUT2D eigenvalue weighted by Gasteiger charge is -2.30. The molecule has 0 saturated carbocycles. The molecule has 0 amide bonds. The highest BCUT2D eigenvalue weighted by Gasteiger charge is 2.26. The summed E-state index contributed by atoms with van der Waals surface area (Å²) in [6.07, 6.45) is 3.36. The van der Waals surface area contributed by atoms with Gasteiger partial charge in [-0.1, -0.05) is 36.4 Å². The van der Waals surface area contributed by atoms with E-state index in [9.17, 15) is 0 Å². The molecule has 1 saturated heterocycles. The zero-order valence-corrected chi connectivity index (χ0v) is 18.4. The third kappa shape index (κ3) is 5.66. The summed E-state index contributed by atoms with van der Waals surface area (Å²) >= 11 is 0. The molecular formula is C24H34N4O2. The van der Waals surface area contributed by atoms with Gasteiger partial charge >= 0.3 is 0 Å². The van der Waals surface area contributed by atoms with E-state index >= 15 is 0 Å². The average Bonchev–Trinajstić information content (AvgIpc) is 3.33. The van der Waals surface area contributed by atoms with E-state index in [2.05, 4.69) is 38.7 Å². The fraction of sp³-hybridized carbons (Fsp3) is 0.458. The second-order valence-corrected chi connectivity index (χ2v) is 7.44. The van der Waals surface area contributed by atoms with Crippen LogP contribution in [0.5, 0.6) is 11.5 Å². The van der Waals surface area contributed by atoms with E-state index in [0.29, 0.717) is 0 Å². The number of aliphatic imine (C=N–C) groups is 1. The molecule has 1 heterocycles. The van der Waals surface area contributed by atoms with Gasteiger partial charge in [0.2, 0.25) is 0 Å². The number of hydrogen-bond donors (Lipinski definition) is 2. The van der Waals surface area contributed by atoms with E-state index in [0.717, 1.165) is 50.1 Å². The molecule has 1 unspecified atom stereocenters. The van der Waals surface area contributed by atoms with Crippen molar-refractivity contribution in [2.24, 2.45) is 4.99 Å². The number of ether oxygens (including phenoxy) is 2.